The lowest BCUT2D eigenvalue weighted by Crippen LogP contribution is -2.28. The van der Waals surface area contributed by atoms with Crippen LogP contribution in [-0.2, 0) is 11.0 Å². The lowest BCUT2D eigenvalue weighted by molar-refractivity contribution is -0.137. The Kier molecular flexibility index (Phi) is 3.32. The molecular weight excluding hydrogens is 243 g/mol. The molecule has 1 aromatic rings. The van der Waals surface area contributed by atoms with Gasteiger partial charge in [-0.25, -0.2) is 0 Å². The van der Waals surface area contributed by atoms with E-state index in [2.05, 4.69) is 5.32 Å². The number of carbonyl (C=O) groups excluding carboxylic acids is 1. The first-order chi connectivity index (χ1) is 8.38. The third kappa shape index (κ3) is 3.03. The van der Waals surface area contributed by atoms with E-state index in [1.807, 2.05) is 0 Å². The van der Waals surface area contributed by atoms with Crippen molar-refractivity contribution in [3.05, 3.63) is 35.4 Å². The number of alkyl halides is 3. The van der Waals surface area contributed by atoms with Gasteiger partial charge in [-0.15, -0.1) is 0 Å². The maximum Gasteiger partial charge on any atom is 0.416 e. The molecule has 1 aliphatic rings. The van der Waals surface area contributed by atoms with Crippen LogP contribution in [0.15, 0.2) is 24.3 Å². The largest absolute Gasteiger partial charge is 0.416 e. The molecule has 0 saturated heterocycles. The molecule has 0 heterocycles. The molecule has 1 aromatic carbocycles. The van der Waals surface area contributed by atoms with Crippen molar-refractivity contribution in [2.45, 2.75) is 32.0 Å². The van der Waals surface area contributed by atoms with Crippen molar-refractivity contribution in [2.24, 2.45) is 5.92 Å². The van der Waals surface area contributed by atoms with E-state index in [1.165, 1.54) is 6.07 Å². The summed E-state index contributed by atoms with van der Waals surface area (Å²) in [4.78, 5) is 11.5. The normalized spacial score (nSPS) is 17.3. The highest BCUT2D eigenvalue weighted by atomic mass is 19.4. The minimum absolute atomic E-state index is 0.0539. The zero-order valence-corrected chi connectivity index (χ0v) is 9.92. The molecular formula is C13H14F3NO. The van der Waals surface area contributed by atoms with Crippen molar-refractivity contribution in [2.75, 3.05) is 0 Å². The van der Waals surface area contributed by atoms with Crippen LogP contribution < -0.4 is 5.32 Å². The average molecular weight is 257 g/mol. The number of nitrogens with one attached hydrogen (secondary N) is 1. The van der Waals surface area contributed by atoms with Crippen molar-refractivity contribution in [3.63, 3.8) is 0 Å². The van der Waals surface area contributed by atoms with Gasteiger partial charge >= 0.3 is 6.18 Å². The predicted molar refractivity (Wildman–Crippen MR) is 60.7 cm³/mol. The maximum atomic E-state index is 12.5. The Hall–Kier alpha value is -1.52. The summed E-state index contributed by atoms with van der Waals surface area (Å²) < 4.78 is 37.6. The van der Waals surface area contributed by atoms with Gasteiger partial charge in [0.05, 0.1) is 11.6 Å². The number of carbonyl (C=O) groups is 1. The molecule has 0 unspecified atom stereocenters. The summed E-state index contributed by atoms with van der Waals surface area (Å²) in [5, 5.41) is 2.73. The molecule has 1 fully saturated rings. The first-order valence-corrected chi connectivity index (χ1v) is 5.85. The minimum atomic E-state index is -4.35. The fourth-order valence-corrected chi connectivity index (χ4v) is 1.74. The first-order valence-electron chi connectivity index (χ1n) is 5.85. The second kappa shape index (κ2) is 4.63. The zero-order valence-electron chi connectivity index (χ0n) is 9.92. The predicted octanol–water partition coefficient (Wildman–Crippen LogP) is 3.29. The number of hydrogen-bond acceptors (Lipinski definition) is 1. The summed E-state index contributed by atoms with van der Waals surface area (Å²) in [5.74, 6) is -0.0156. The zero-order chi connectivity index (χ0) is 13.3. The Labute approximate surface area is 103 Å². The van der Waals surface area contributed by atoms with Gasteiger partial charge in [0, 0.05) is 5.92 Å². The van der Waals surface area contributed by atoms with Gasteiger partial charge in [-0.1, -0.05) is 12.1 Å². The van der Waals surface area contributed by atoms with Gasteiger partial charge in [0.2, 0.25) is 5.91 Å². The van der Waals surface area contributed by atoms with E-state index >= 15 is 0 Å². The molecule has 1 saturated carbocycles. The molecule has 0 radical (unpaired) electrons. The molecule has 2 rings (SSSR count). The second-order valence-corrected chi connectivity index (χ2v) is 4.63. The minimum Gasteiger partial charge on any atom is -0.349 e. The summed E-state index contributed by atoms with van der Waals surface area (Å²) in [5.41, 5.74) is -0.216. The quantitative estimate of drug-likeness (QED) is 0.884. The summed E-state index contributed by atoms with van der Waals surface area (Å²) in [6.45, 7) is 1.69. The fraction of sp³-hybridized carbons (Fsp3) is 0.462. The van der Waals surface area contributed by atoms with E-state index in [-0.39, 0.29) is 11.8 Å². The topological polar surface area (TPSA) is 29.1 Å². The van der Waals surface area contributed by atoms with Gasteiger partial charge in [0.15, 0.2) is 0 Å². The van der Waals surface area contributed by atoms with Gasteiger partial charge in [-0.2, -0.15) is 13.2 Å². The SMILES string of the molecule is C[C@@H](NC(=O)C1CC1)c1cccc(C(F)(F)F)c1. The highest BCUT2D eigenvalue weighted by Crippen LogP contribution is 2.32. The van der Waals surface area contributed by atoms with Crippen molar-refractivity contribution < 1.29 is 18.0 Å². The summed E-state index contributed by atoms with van der Waals surface area (Å²) in [6.07, 6.45) is -2.60. The first kappa shape index (κ1) is 12.9. The highest BCUT2D eigenvalue weighted by molar-refractivity contribution is 5.81. The number of halogens is 3. The summed E-state index contributed by atoms with van der Waals surface area (Å²) in [7, 11) is 0. The third-order valence-electron chi connectivity index (χ3n) is 3.02. The van der Waals surface area contributed by atoms with Gasteiger partial charge in [0.1, 0.15) is 0 Å². The van der Waals surface area contributed by atoms with Crippen LogP contribution in [-0.4, -0.2) is 5.91 Å². The van der Waals surface area contributed by atoms with Crippen LogP contribution in [0.4, 0.5) is 13.2 Å². The molecule has 1 amide bonds. The number of rotatable bonds is 3. The van der Waals surface area contributed by atoms with E-state index in [0.717, 1.165) is 25.0 Å². The average Bonchev–Trinajstić information content (AvgIpc) is 3.11. The molecule has 5 heteroatoms. The molecule has 0 bridgehead atoms. The summed E-state index contributed by atoms with van der Waals surface area (Å²) >= 11 is 0. The third-order valence-corrected chi connectivity index (χ3v) is 3.02. The van der Waals surface area contributed by atoms with Crippen molar-refractivity contribution in [1.29, 1.82) is 0 Å². The van der Waals surface area contributed by atoms with Crippen LogP contribution >= 0.6 is 0 Å². The number of amides is 1. The standard InChI is InChI=1S/C13H14F3NO/c1-8(17-12(18)9-5-6-9)10-3-2-4-11(7-10)13(14,15)16/h2-4,7-9H,5-6H2,1H3,(H,17,18)/t8-/m1/s1. The Bertz CT molecular complexity index is 452. The van der Waals surface area contributed by atoms with Crippen LogP contribution in [0.5, 0.6) is 0 Å². The van der Waals surface area contributed by atoms with Crippen LogP contribution in [0.3, 0.4) is 0 Å². The second-order valence-electron chi connectivity index (χ2n) is 4.63. The molecule has 0 spiro atoms. The highest BCUT2D eigenvalue weighted by Gasteiger charge is 2.32. The van der Waals surface area contributed by atoms with E-state index in [1.54, 1.807) is 13.0 Å². The molecule has 1 aliphatic carbocycles. The molecule has 2 nitrogen and oxygen atoms in total. The van der Waals surface area contributed by atoms with Crippen LogP contribution in [0.25, 0.3) is 0 Å². The molecule has 0 aliphatic heterocycles. The van der Waals surface area contributed by atoms with Crippen molar-refractivity contribution in [3.8, 4) is 0 Å². The Balaban J connectivity index is 2.09. The Morgan fingerprint density at radius 3 is 2.61 bits per heavy atom. The van der Waals surface area contributed by atoms with Gasteiger partial charge in [-0.05, 0) is 37.5 Å². The smallest absolute Gasteiger partial charge is 0.349 e. The van der Waals surface area contributed by atoms with Crippen molar-refractivity contribution >= 4 is 5.91 Å². The molecule has 0 aromatic heterocycles. The number of hydrogen-bond donors (Lipinski definition) is 1. The molecule has 98 valence electrons. The fourth-order valence-electron chi connectivity index (χ4n) is 1.74. The monoisotopic (exact) mass is 257 g/mol. The van der Waals surface area contributed by atoms with Crippen molar-refractivity contribution in [1.82, 2.24) is 5.32 Å². The van der Waals surface area contributed by atoms with Crippen LogP contribution in [0.2, 0.25) is 0 Å². The van der Waals surface area contributed by atoms with Crippen LogP contribution in [0, 0.1) is 5.92 Å². The maximum absolute atomic E-state index is 12.5. The number of benzene rings is 1. The van der Waals surface area contributed by atoms with E-state index in [0.29, 0.717) is 5.56 Å². The van der Waals surface area contributed by atoms with Crippen LogP contribution in [0.1, 0.15) is 36.9 Å². The molecule has 1 N–H and O–H groups in total. The Morgan fingerprint density at radius 2 is 2.06 bits per heavy atom. The van der Waals surface area contributed by atoms with E-state index in [4.69, 9.17) is 0 Å². The van der Waals surface area contributed by atoms with Gasteiger partial charge < -0.3 is 5.32 Å². The van der Waals surface area contributed by atoms with E-state index in [9.17, 15) is 18.0 Å². The Morgan fingerprint density at radius 1 is 1.39 bits per heavy atom. The lowest BCUT2D eigenvalue weighted by Gasteiger charge is -2.16. The molecule has 18 heavy (non-hydrogen) atoms. The van der Waals surface area contributed by atoms with Gasteiger partial charge in [0.25, 0.3) is 0 Å². The molecule has 1 atom stereocenters. The van der Waals surface area contributed by atoms with E-state index < -0.39 is 17.8 Å². The summed E-state index contributed by atoms with van der Waals surface area (Å²) in [6, 6.07) is 4.65. The lowest BCUT2D eigenvalue weighted by atomic mass is 10.0. The van der Waals surface area contributed by atoms with Gasteiger partial charge in [-0.3, -0.25) is 4.79 Å².